The van der Waals surface area contributed by atoms with Crippen LogP contribution in [0.2, 0.25) is 0 Å². The zero-order valence-electron chi connectivity index (χ0n) is 11.1. The van der Waals surface area contributed by atoms with Gasteiger partial charge in [0.25, 0.3) is 0 Å². The van der Waals surface area contributed by atoms with Gasteiger partial charge in [-0.15, -0.1) is 0 Å². The maximum Gasteiger partial charge on any atom is -0.0352 e. The molecule has 1 unspecified atom stereocenters. The Morgan fingerprint density at radius 3 is 2.06 bits per heavy atom. The molecule has 0 spiro atoms. The van der Waals surface area contributed by atoms with Crippen molar-refractivity contribution in [2.45, 2.75) is 77.6 Å². The minimum Gasteiger partial charge on any atom is -0.0622 e. The molecule has 0 amide bonds. The Hall–Kier alpha value is 0. The average molecular weight is 221 g/mol. The predicted octanol–water partition coefficient (Wildman–Crippen LogP) is 5.38. The first-order valence-electron chi connectivity index (χ1n) is 7.69. The van der Waals surface area contributed by atoms with Crippen LogP contribution in [0.4, 0.5) is 0 Å². The first-order valence-corrected chi connectivity index (χ1v) is 7.69. The second-order valence-electron chi connectivity index (χ2n) is 6.24. The molecule has 2 aliphatic carbocycles. The fraction of sp³-hybridized carbons (Fsp3) is 0.938. The minimum atomic E-state index is 0.960. The van der Waals surface area contributed by atoms with Gasteiger partial charge in [-0.3, -0.25) is 0 Å². The van der Waals surface area contributed by atoms with Crippen LogP contribution in [0.1, 0.15) is 77.6 Å². The van der Waals surface area contributed by atoms with Crippen LogP contribution in [-0.2, 0) is 0 Å². The van der Waals surface area contributed by atoms with Gasteiger partial charge in [0.1, 0.15) is 0 Å². The van der Waals surface area contributed by atoms with E-state index in [1.54, 1.807) is 0 Å². The first kappa shape index (κ1) is 12.5. The summed E-state index contributed by atoms with van der Waals surface area (Å²) in [6.45, 7) is 2.50. The zero-order chi connectivity index (χ0) is 11.2. The SMILES string of the molecule is CC(C[CH]C1CCCCC1)C1CCCCC1. The third-order valence-electron chi connectivity index (χ3n) is 4.95. The molecule has 1 atom stereocenters. The zero-order valence-corrected chi connectivity index (χ0v) is 11.1. The topological polar surface area (TPSA) is 0 Å². The van der Waals surface area contributed by atoms with Crippen LogP contribution in [0.5, 0.6) is 0 Å². The molecule has 0 heterocycles. The van der Waals surface area contributed by atoms with Crippen LogP contribution in [0, 0.1) is 24.2 Å². The van der Waals surface area contributed by atoms with Crippen molar-refractivity contribution in [1.82, 2.24) is 0 Å². The molecule has 93 valence electrons. The highest BCUT2D eigenvalue weighted by Crippen LogP contribution is 2.34. The highest BCUT2D eigenvalue weighted by Gasteiger charge is 2.21. The van der Waals surface area contributed by atoms with E-state index in [9.17, 15) is 0 Å². The van der Waals surface area contributed by atoms with Gasteiger partial charge in [0.2, 0.25) is 0 Å². The van der Waals surface area contributed by atoms with E-state index in [0.717, 1.165) is 17.8 Å². The lowest BCUT2D eigenvalue weighted by molar-refractivity contribution is 0.252. The molecule has 16 heavy (non-hydrogen) atoms. The summed E-state index contributed by atoms with van der Waals surface area (Å²) in [5.74, 6) is 2.98. The third-order valence-corrected chi connectivity index (χ3v) is 4.95. The summed E-state index contributed by atoms with van der Waals surface area (Å²) in [6, 6.07) is 0. The van der Waals surface area contributed by atoms with Gasteiger partial charge in [0.05, 0.1) is 0 Å². The van der Waals surface area contributed by atoms with E-state index in [1.807, 2.05) is 0 Å². The van der Waals surface area contributed by atoms with Crippen molar-refractivity contribution in [3.63, 3.8) is 0 Å². The van der Waals surface area contributed by atoms with Gasteiger partial charge in [-0.1, -0.05) is 71.1 Å². The second kappa shape index (κ2) is 6.67. The molecule has 0 saturated heterocycles. The Morgan fingerprint density at radius 2 is 1.44 bits per heavy atom. The van der Waals surface area contributed by atoms with Crippen LogP contribution >= 0.6 is 0 Å². The maximum atomic E-state index is 2.68. The molecule has 0 N–H and O–H groups in total. The lowest BCUT2D eigenvalue weighted by atomic mass is 9.76. The predicted molar refractivity (Wildman–Crippen MR) is 71.2 cm³/mol. The van der Waals surface area contributed by atoms with Crippen LogP contribution in [0.15, 0.2) is 0 Å². The summed E-state index contributed by atoms with van der Waals surface area (Å²) in [5.41, 5.74) is 0. The Kier molecular flexibility index (Phi) is 5.19. The van der Waals surface area contributed by atoms with Gasteiger partial charge >= 0.3 is 0 Å². The fourth-order valence-electron chi connectivity index (χ4n) is 3.67. The quantitative estimate of drug-likeness (QED) is 0.598. The molecule has 2 saturated carbocycles. The van der Waals surface area contributed by atoms with Gasteiger partial charge in [-0.25, -0.2) is 0 Å². The largest absolute Gasteiger partial charge is 0.0622 e. The first-order chi connectivity index (χ1) is 7.86. The van der Waals surface area contributed by atoms with E-state index in [4.69, 9.17) is 0 Å². The molecule has 0 bridgehead atoms. The fourth-order valence-corrected chi connectivity index (χ4v) is 3.67. The van der Waals surface area contributed by atoms with Gasteiger partial charge in [-0.05, 0) is 30.6 Å². The normalized spacial score (nSPS) is 26.8. The molecule has 0 aromatic carbocycles. The van der Waals surface area contributed by atoms with E-state index in [2.05, 4.69) is 13.3 Å². The summed E-state index contributed by atoms with van der Waals surface area (Å²) < 4.78 is 0. The van der Waals surface area contributed by atoms with Crippen molar-refractivity contribution < 1.29 is 0 Å². The van der Waals surface area contributed by atoms with Gasteiger partial charge in [-0.2, -0.15) is 0 Å². The highest BCUT2D eigenvalue weighted by atomic mass is 14.3. The third kappa shape index (κ3) is 3.79. The van der Waals surface area contributed by atoms with Crippen molar-refractivity contribution >= 4 is 0 Å². The van der Waals surface area contributed by atoms with Gasteiger partial charge < -0.3 is 0 Å². The second-order valence-corrected chi connectivity index (χ2v) is 6.24. The average Bonchev–Trinajstić information content (AvgIpc) is 2.38. The number of hydrogen-bond acceptors (Lipinski definition) is 0. The van der Waals surface area contributed by atoms with E-state index >= 15 is 0 Å². The van der Waals surface area contributed by atoms with Crippen LogP contribution in [-0.4, -0.2) is 0 Å². The number of rotatable bonds is 4. The molecule has 0 aromatic heterocycles. The molecule has 2 fully saturated rings. The molecule has 0 aromatic rings. The van der Waals surface area contributed by atoms with E-state index in [1.165, 1.54) is 70.6 Å². The molecular weight excluding hydrogens is 192 g/mol. The molecule has 2 aliphatic rings. The standard InChI is InChI=1S/C16H29/c1-14(16-10-6-3-7-11-16)12-13-15-8-4-2-5-9-15/h13-16H,2-12H2,1H3. The Bertz CT molecular complexity index is 172. The lowest BCUT2D eigenvalue weighted by Gasteiger charge is -2.29. The molecule has 0 aliphatic heterocycles. The number of hydrogen-bond donors (Lipinski definition) is 0. The van der Waals surface area contributed by atoms with Gasteiger partial charge in [0.15, 0.2) is 0 Å². The van der Waals surface area contributed by atoms with E-state index < -0.39 is 0 Å². The summed E-state index contributed by atoms with van der Waals surface area (Å²) >= 11 is 0. The summed E-state index contributed by atoms with van der Waals surface area (Å²) in [4.78, 5) is 0. The summed E-state index contributed by atoms with van der Waals surface area (Å²) in [5, 5.41) is 0. The summed E-state index contributed by atoms with van der Waals surface area (Å²) in [7, 11) is 0. The minimum absolute atomic E-state index is 0.960. The van der Waals surface area contributed by atoms with Crippen LogP contribution in [0.25, 0.3) is 0 Å². The Morgan fingerprint density at radius 1 is 0.875 bits per heavy atom. The van der Waals surface area contributed by atoms with Crippen molar-refractivity contribution in [2.24, 2.45) is 17.8 Å². The Labute approximate surface area is 102 Å². The molecule has 1 radical (unpaired) electrons. The molecule has 2 rings (SSSR count). The van der Waals surface area contributed by atoms with Crippen LogP contribution in [0.3, 0.4) is 0 Å². The van der Waals surface area contributed by atoms with Gasteiger partial charge in [0, 0.05) is 0 Å². The Balaban J connectivity index is 1.63. The smallest absolute Gasteiger partial charge is 0.0352 e. The van der Waals surface area contributed by atoms with Crippen molar-refractivity contribution in [1.29, 1.82) is 0 Å². The van der Waals surface area contributed by atoms with Crippen molar-refractivity contribution in [2.75, 3.05) is 0 Å². The summed E-state index contributed by atoms with van der Waals surface area (Å²) in [6.07, 6.45) is 19.0. The van der Waals surface area contributed by atoms with Crippen LogP contribution < -0.4 is 0 Å². The molecule has 0 nitrogen and oxygen atoms in total. The van der Waals surface area contributed by atoms with E-state index in [0.29, 0.717) is 0 Å². The van der Waals surface area contributed by atoms with E-state index in [-0.39, 0.29) is 0 Å². The molecule has 0 heteroatoms. The van der Waals surface area contributed by atoms with Crippen molar-refractivity contribution in [3.8, 4) is 0 Å². The highest BCUT2D eigenvalue weighted by molar-refractivity contribution is 4.83. The monoisotopic (exact) mass is 221 g/mol. The van der Waals surface area contributed by atoms with Crippen molar-refractivity contribution in [3.05, 3.63) is 6.42 Å². The maximum absolute atomic E-state index is 2.68. The lowest BCUT2D eigenvalue weighted by Crippen LogP contribution is -2.17. The molecular formula is C16H29.